The van der Waals surface area contributed by atoms with Crippen molar-refractivity contribution in [1.29, 1.82) is 0 Å². The smallest absolute Gasteiger partial charge is 0.407 e. The lowest BCUT2D eigenvalue weighted by molar-refractivity contribution is 0.116. The van der Waals surface area contributed by atoms with E-state index >= 15 is 0 Å². The quantitative estimate of drug-likeness (QED) is 0.691. The Kier molecular flexibility index (Phi) is 6.11. The maximum atomic E-state index is 12.3. The molecule has 1 aliphatic carbocycles. The average molecular weight is 349 g/mol. The zero-order chi connectivity index (χ0) is 18.2. The maximum Gasteiger partial charge on any atom is 0.407 e. The highest BCUT2D eigenvalue weighted by Crippen LogP contribution is 2.39. The van der Waals surface area contributed by atoms with Gasteiger partial charge in [0.2, 0.25) is 0 Å². The van der Waals surface area contributed by atoms with E-state index in [-0.39, 0.29) is 11.6 Å². The van der Waals surface area contributed by atoms with E-state index in [1.807, 2.05) is 36.4 Å². The second-order valence-corrected chi connectivity index (χ2v) is 7.14. The molecular weight excluding hydrogens is 322 g/mol. The highest BCUT2D eigenvalue weighted by molar-refractivity contribution is 5.68. The molecule has 0 spiro atoms. The van der Waals surface area contributed by atoms with E-state index in [0.717, 1.165) is 37.7 Å². The molecule has 2 aromatic carbocycles. The lowest BCUT2D eigenvalue weighted by Crippen LogP contribution is -2.50. The minimum absolute atomic E-state index is 0.235. The number of carbonyl (C=O) groups is 1. The van der Waals surface area contributed by atoms with Gasteiger partial charge in [-0.3, -0.25) is 0 Å². The van der Waals surface area contributed by atoms with Crippen molar-refractivity contribution in [1.82, 2.24) is 5.32 Å². The lowest BCUT2D eigenvalue weighted by Gasteiger charge is -2.40. The summed E-state index contributed by atoms with van der Waals surface area (Å²) in [5.41, 5.74) is 2.15. The molecule has 1 fully saturated rings. The molecule has 0 aliphatic heterocycles. The fraction of sp³-hybridized carbons (Fsp3) is 0.348. The van der Waals surface area contributed by atoms with Crippen LogP contribution in [0.1, 0.15) is 49.1 Å². The molecule has 1 N–H and O–H groups in total. The van der Waals surface area contributed by atoms with Crippen molar-refractivity contribution in [2.75, 3.05) is 0 Å². The van der Waals surface area contributed by atoms with E-state index in [1.165, 1.54) is 5.56 Å². The summed E-state index contributed by atoms with van der Waals surface area (Å²) in [5, 5.41) is 3.14. The third-order valence-electron chi connectivity index (χ3n) is 5.33. The van der Waals surface area contributed by atoms with Crippen molar-refractivity contribution in [3.63, 3.8) is 0 Å². The van der Waals surface area contributed by atoms with Crippen LogP contribution in [0.3, 0.4) is 0 Å². The summed E-state index contributed by atoms with van der Waals surface area (Å²) in [6.07, 6.45) is 6.36. The number of carbonyl (C=O) groups excluding carboxylic acids is 1. The van der Waals surface area contributed by atoms with Gasteiger partial charge in [0.1, 0.15) is 6.61 Å². The van der Waals surface area contributed by atoms with Gasteiger partial charge in [0.15, 0.2) is 0 Å². The fourth-order valence-electron chi connectivity index (χ4n) is 3.86. The Hall–Kier alpha value is -2.55. The topological polar surface area (TPSA) is 38.3 Å². The van der Waals surface area contributed by atoms with Gasteiger partial charge < -0.3 is 10.1 Å². The minimum atomic E-state index is -0.339. The Bertz CT molecular complexity index is 704. The van der Waals surface area contributed by atoms with Gasteiger partial charge >= 0.3 is 6.09 Å². The summed E-state index contributed by atoms with van der Waals surface area (Å²) in [4.78, 5) is 12.3. The Morgan fingerprint density at radius 3 is 2.31 bits per heavy atom. The normalized spacial score (nSPS) is 22.4. The first kappa shape index (κ1) is 18.2. The molecule has 1 saturated carbocycles. The van der Waals surface area contributed by atoms with E-state index in [1.54, 1.807) is 0 Å². The molecular formula is C23H27NO2. The number of alkyl carbamates (subject to hydrolysis) is 1. The summed E-state index contributed by atoms with van der Waals surface area (Å²) < 4.78 is 5.43. The van der Waals surface area contributed by atoms with Crippen LogP contribution in [0.15, 0.2) is 73.3 Å². The highest BCUT2D eigenvalue weighted by atomic mass is 16.5. The van der Waals surface area contributed by atoms with Crippen molar-refractivity contribution in [2.45, 2.75) is 50.2 Å². The van der Waals surface area contributed by atoms with E-state index in [2.05, 4.69) is 42.2 Å². The van der Waals surface area contributed by atoms with Crippen molar-refractivity contribution in [2.24, 2.45) is 0 Å². The molecule has 0 unspecified atom stereocenters. The van der Waals surface area contributed by atoms with Gasteiger partial charge in [-0.15, -0.1) is 6.58 Å². The molecule has 136 valence electrons. The SMILES string of the molecule is C=CCC1(NC(=O)OCc2ccccc2)CCC(c2ccccc2)CC1. The number of ether oxygens (including phenoxy) is 1. The van der Waals surface area contributed by atoms with Crippen LogP contribution in [0.2, 0.25) is 0 Å². The van der Waals surface area contributed by atoms with Crippen LogP contribution in [0.25, 0.3) is 0 Å². The van der Waals surface area contributed by atoms with Crippen LogP contribution in [0, 0.1) is 0 Å². The molecule has 0 atom stereocenters. The number of hydrogen-bond acceptors (Lipinski definition) is 2. The van der Waals surface area contributed by atoms with Crippen molar-refractivity contribution in [3.05, 3.63) is 84.4 Å². The number of nitrogens with one attached hydrogen (secondary N) is 1. The van der Waals surface area contributed by atoms with Crippen LogP contribution in [0.4, 0.5) is 4.79 Å². The van der Waals surface area contributed by atoms with E-state index < -0.39 is 0 Å². The second-order valence-electron chi connectivity index (χ2n) is 7.14. The third-order valence-corrected chi connectivity index (χ3v) is 5.33. The molecule has 0 saturated heterocycles. The Labute approximate surface area is 156 Å². The molecule has 1 amide bonds. The summed E-state index contributed by atoms with van der Waals surface area (Å²) >= 11 is 0. The van der Waals surface area contributed by atoms with Crippen LogP contribution in [-0.2, 0) is 11.3 Å². The molecule has 0 bridgehead atoms. The second kappa shape index (κ2) is 8.70. The van der Waals surface area contributed by atoms with Crippen LogP contribution < -0.4 is 5.32 Å². The summed E-state index contributed by atoms with van der Waals surface area (Å²) in [7, 11) is 0. The summed E-state index contributed by atoms with van der Waals surface area (Å²) in [6, 6.07) is 20.4. The highest BCUT2D eigenvalue weighted by Gasteiger charge is 2.36. The first-order valence-electron chi connectivity index (χ1n) is 9.35. The molecule has 0 radical (unpaired) electrons. The van der Waals surface area contributed by atoms with Gasteiger partial charge in [0.05, 0.1) is 0 Å². The first-order valence-corrected chi connectivity index (χ1v) is 9.35. The summed E-state index contributed by atoms with van der Waals surface area (Å²) in [5.74, 6) is 0.566. The molecule has 0 aromatic heterocycles. The third kappa shape index (κ3) is 4.75. The molecule has 0 heterocycles. The predicted molar refractivity (Wildman–Crippen MR) is 105 cm³/mol. The van der Waals surface area contributed by atoms with Gasteiger partial charge in [0, 0.05) is 5.54 Å². The van der Waals surface area contributed by atoms with Crippen LogP contribution in [0.5, 0.6) is 0 Å². The first-order chi connectivity index (χ1) is 12.7. The van der Waals surface area contributed by atoms with Gasteiger partial charge in [-0.2, -0.15) is 0 Å². The van der Waals surface area contributed by atoms with Gasteiger partial charge in [-0.25, -0.2) is 4.79 Å². The van der Waals surface area contributed by atoms with Gasteiger partial charge in [-0.05, 0) is 49.1 Å². The monoisotopic (exact) mass is 349 g/mol. The molecule has 26 heavy (non-hydrogen) atoms. The van der Waals surface area contributed by atoms with Crippen LogP contribution in [-0.4, -0.2) is 11.6 Å². The van der Waals surface area contributed by atoms with Crippen molar-refractivity contribution >= 4 is 6.09 Å². The van der Waals surface area contributed by atoms with Crippen LogP contribution >= 0.6 is 0 Å². The number of rotatable bonds is 6. The Balaban J connectivity index is 1.56. The lowest BCUT2D eigenvalue weighted by atomic mass is 9.72. The maximum absolute atomic E-state index is 12.3. The van der Waals surface area contributed by atoms with E-state index in [9.17, 15) is 4.79 Å². The summed E-state index contributed by atoms with van der Waals surface area (Å²) in [6.45, 7) is 4.18. The van der Waals surface area contributed by atoms with Crippen molar-refractivity contribution < 1.29 is 9.53 Å². The van der Waals surface area contributed by atoms with Crippen molar-refractivity contribution in [3.8, 4) is 0 Å². The number of hydrogen-bond donors (Lipinski definition) is 1. The van der Waals surface area contributed by atoms with E-state index in [4.69, 9.17) is 4.74 Å². The minimum Gasteiger partial charge on any atom is -0.445 e. The average Bonchev–Trinajstić information content (AvgIpc) is 2.69. The fourth-order valence-corrected chi connectivity index (χ4v) is 3.86. The molecule has 3 rings (SSSR count). The molecule has 1 aliphatic rings. The number of benzene rings is 2. The van der Waals surface area contributed by atoms with Gasteiger partial charge in [-0.1, -0.05) is 66.7 Å². The van der Waals surface area contributed by atoms with E-state index in [0.29, 0.717) is 12.5 Å². The molecule has 2 aromatic rings. The zero-order valence-corrected chi connectivity index (χ0v) is 15.2. The molecule has 3 nitrogen and oxygen atoms in total. The zero-order valence-electron chi connectivity index (χ0n) is 15.2. The molecule has 3 heteroatoms. The van der Waals surface area contributed by atoms with Gasteiger partial charge in [0.25, 0.3) is 0 Å². The Morgan fingerprint density at radius 2 is 1.69 bits per heavy atom. The number of amides is 1. The predicted octanol–water partition coefficient (Wildman–Crippen LogP) is 5.59. The Morgan fingerprint density at radius 1 is 1.08 bits per heavy atom. The standard InChI is InChI=1S/C23H27NO2/c1-2-15-23(24-22(25)26-18-19-9-5-3-6-10-19)16-13-21(14-17-23)20-11-7-4-8-12-20/h2-12,21H,1,13-18H2,(H,24,25). The largest absolute Gasteiger partial charge is 0.445 e.